The highest BCUT2D eigenvalue weighted by molar-refractivity contribution is 9.10. The summed E-state index contributed by atoms with van der Waals surface area (Å²) in [5, 5.41) is 3.81. The Kier molecular flexibility index (Phi) is 4.47. The Morgan fingerprint density at radius 3 is 2.52 bits per heavy atom. The van der Waals surface area contributed by atoms with E-state index >= 15 is 0 Å². The molecule has 1 aromatic carbocycles. The number of rotatable bonds is 4. The van der Waals surface area contributed by atoms with Crippen molar-refractivity contribution in [3.63, 3.8) is 0 Å². The van der Waals surface area contributed by atoms with E-state index in [0.717, 1.165) is 11.3 Å². The molecule has 3 nitrogen and oxygen atoms in total. The Balaban J connectivity index is 1.88. The van der Waals surface area contributed by atoms with Gasteiger partial charge in [0.15, 0.2) is 0 Å². The third-order valence-corrected chi connectivity index (χ3v) is 4.89. The highest BCUT2D eigenvalue weighted by Crippen LogP contribution is 2.39. The van der Waals surface area contributed by atoms with Gasteiger partial charge in [-0.2, -0.15) is 0 Å². The van der Waals surface area contributed by atoms with Gasteiger partial charge in [-0.3, -0.25) is 4.79 Å². The van der Waals surface area contributed by atoms with Gasteiger partial charge >= 0.3 is 0 Å². The van der Waals surface area contributed by atoms with Crippen LogP contribution < -0.4 is 5.32 Å². The molecule has 1 aliphatic rings. The Morgan fingerprint density at radius 2 is 1.91 bits per heavy atom. The number of halogens is 2. The van der Waals surface area contributed by atoms with E-state index in [1.165, 1.54) is 12.8 Å². The molecule has 0 radical (unpaired) electrons. The summed E-state index contributed by atoms with van der Waals surface area (Å²) in [7, 11) is 0. The Labute approximate surface area is 149 Å². The third kappa shape index (κ3) is 3.93. The number of aromatic nitrogens is 1. The zero-order valence-corrected chi connectivity index (χ0v) is 15.4. The Bertz CT molecular complexity index is 739. The summed E-state index contributed by atoms with van der Waals surface area (Å²) in [5.74, 6) is 0.507. The lowest BCUT2D eigenvalue weighted by Gasteiger charge is -2.26. The van der Waals surface area contributed by atoms with Crippen LogP contribution in [0, 0.1) is 5.92 Å². The van der Waals surface area contributed by atoms with Crippen LogP contribution in [-0.4, -0.2) is 16.4 Å². The molecule has 5 heteroatoms. The molecule has 1 saturated carbocycles. The van der Waals surface area contributed by atoms with E-state index in [1.807, 2.05) is 30.3 Å². The summed E-state index contributed by atoms with van der Waals surface area (Å²) in [6.45, 7) is 4.16. The number of hydrogen-bond donors (Lipinski definition) is 1. The van der Waals surface area contributed by atoms with Gasteiger partial charge in [0, 0.05) is 21.7 Å². The number of carbonyl (C=O) groups is 1. The van der Waals surface area contributed by atoms with Gasteiger partial charge in [0.05, 0.1) is 5.69 Å². The molecule has 0 atom stereocenters. The van der Waals surface area contributed by atoms with Gasteiger partial charge in [-0.15, -0.1) is 0 Å². The van der Waals surface area contributed by atoms with E-state index in [4.69, 9.17) is 11.6 Å². The third-order valence-electron chi connectivity index (χ3n) is 4.23. The number of benzene rings is 1. The van der Waals surface area contributed by atoms with E-state index in [9.17, 15) is 4.79 Å². The van der Waals surface area contributed by atoms with E-state index in [0.29, 0.717) is 21.1 Å². The molecule has 0 spiro atoms. The lowest BCUT2D eigenvalue weighted by molar-refractivity contribution is 0.0903. The van der Waals surface area contributed by atoms with Gasteiger partial charge in [0.25, 0.3) is 5.91 Å². The summed E-state index contributed by atoms with van der Waals surface area (Å²) in [6, 6.07) is 11.0. The minimum Gasteiger partial charge on any atom is -0.347 e. The predicted molar refractivity (Wildman–Crippen MR) is 96.7 cm³/mol. The second-order valence-electron chi connectivity index (χ2n) is 6.52. The van der Waals surface area contributed by atoms with Crippen molar-refractivity contribution in [3.05, 3.63) is 51.6 Å². The first-order valence-electron chi connectivity index (χ1n) is 7.61. The monoisotopic (exact) mass is 392 g/mol. The van der Waals surface area contributed by atoms with Crippen molar-refractivity contribution in [2.45, 2.75) is 32.2 Å². The van der Waals surface area contributed by atoms with Gasteiger partial charge in [-0.25, -0.2) is 4.98 Å². The summed E-state index contributed by atoms with van der Waals surface area (Å²) in [5.41, 5.74) is 2.09. The first kappa shape index (κ1) is 16.5. The van der Waals surface area contributed by atoms with Crippen LogP contribution in [0.15, 0.2) is 41.0 Å². The van der Waals surface area contributed by atoms with Crippen molar-refractivity contribution in [2.75, 3.05) is 0 Å². The maximum atomic E-state index is 12.6. The van der Waals surface area contributed by atoms with Crippen molar-refractivity contribution in [1.29, 1.82) is 0 Å². The fraction of sp³-hybridized carbons (Fsp3) is 0.333. The van der Waals surface area contributed by atoms with Crippen LogP contribution in [0.1, 0.15) is 37.0 Å². The minimum atomic E-state index is -0.173. The van der Waals surface area contributed by atoms with Crippen molar-refractivity contribution in [3.8, 4) is 11.3 Å². The molecule has 0 saturated heterocycles. The van der Waals surface area contributed by atoms with Crippen LogP contribution in [-0.2, 0) is 0 Å². The molecule has 1 aliphatic carbocycles. The van der Waals surface area contributed by atoms with Gasteiger partial charge in [0.2, 0.25) is 0 Å². The number of amides is 1. The normalized spacial score (nSPS) is 14.6. The van der Waals surface area contributed by atoms with Gasteiger partial charge in [0.1, 0.15) is 4.60 Å². The average molecular weight is 394 g/mol. The molecule has 1 N–H and O–H groups in total. The van der Waals surface area contributed by atoms with Crippen LogP contribution >= 0.6 is 27.5 Å². The fourth-order valence-electron chi connectivity index (χ4n) is 2.67. The summed E-state index contributed by atoms with van der Waals surface area (Å²) in [4.78, 5) is 17.1. The van der Waals surface area contributed by atoms with Crippen molar-refractivity contribution >= 4 is 33.4 Å². The molecule has 0 unspecified atom stereocenters. The molecule has 1 fully saturated rings. The van der Waals surface area contributed by atoms with Crippen LogP contribution in [0.5, 0.6) is 0 Å². The van der Waals surface area contributed by atoms with Crippen LogP contribution in [0.4, 0.5) is 0 Å². The van der Waals surface area contributed by atoms with E-state index in [-0.39, 0.29) is 11.4 Å². The molecule has 1 aromatic heterocycles. The molecule has 23 heavy (non-hydrogen) atoms. The second-order valence-corrected chi connectivity index (χ2v) is 7.77. The zero-order valence-electron chi connectivity index (χ0n) is 13.1. The predicted octanol–water partition coefficient (Wildman–Crippen LogP) is 5.08. The van der Waals surface area contributed by atoms with Crippen LogP contribution in [0.2, 0.25) is 5.02 Å². The van der Waals surface area contributed by atoms with E-state index in [2.05, 4.69) is 40.1 Å². The molecule has 1 amide bonds. The molecule has 0 aliphatic heterocycles. The van der Waals surface area contributed by atoms with Crippen LogP contribution in [0.3, 0.4) is 0 Å². The molecule has 1 heterocycles. The highest BCUT2D eigenvalue weighted by Gasteiger charge is 2.38. The average Bonchev–Trinajstić information content (AvgIpc) is 3.32. The lowest BCUT2D eigenvalue weighted by Crippen LogP contribution is -2.45. The summed E-state index contributed by atoms with van der Waals surface area (Å²) >= 11 is 9.32. The zero-order chi connectivity index (χ0) is 16.6. The van der Waals surface area contributed by atoms with Gasteiger partial charge in [-0.05, 0) is 72.8 Å². The smallest absolute Gasteiger partial charge is 0.251 e. The number of nitrogens with zero attached hydrogens (tertiary/aromatic N) is 1. The molecule has 120 valence electrons. The van der Waals surface area contributed by atoms with Gasteiger partial charge < -0.3 is 5.32 Å². The van der Waals surface area contributed by atoms with Crippen molar-refractivity contribution in [2.24, 2.45) is 5.92 Å². The topological polar surface area (TPSA) is 42.0 Å². The van der Waals surface area contributed by atoms with Crippen molar-refractivity contribution in [1.82, 2.24) is 10.3 Å². The fourth-order valence-corrected chi connectivity index (χ4v) is 3.23. The Morgan fingerprint density at radius 1 is 1.26 bits per heavy atom. The maximum absolute atomic E-state index is 12.6. The highest BCUT2D eigenvalue weighted by atomic mass is 79.9. The number of carbonyl (C=O) groups excluding carboxylic acids is 1. The van der Waals surface area contributed by atoms with Crippen molar-refractivity contribution < 1.29 is 4.79 Å². The molecule has 2 aromatic rings. The first-order valence-corrected chi connectivity index (χ1v) is 8.78. The van der Waals surface area contributed by atoms with E-state index < -0.39 is 0 Å². The van der Waals surface area contributed by atoms with Gasteiger partial charge in [-0.1, -0.05) is 23.7 Å². The molecular weight excluding hydrogens is 376 g/mol. The molecule has 3 rings (SSSR count). The largest absolute Gasteiger partial charge is 0.347 e. The number of nitrogens with one attached hydrogen (secondary N) is 1. The Hall–Kier alpha value is -1.39. The van der Waals surface area contributed by atoms with Crippen LogP contribution in [0.25, 0.3) is 11.3 Å². The quantitative estimate of drug-likeness (QED) is 0.736. The molecule has 0 bridgehead atoms. The standard InChI is InChI=1S/C18H18BrClN2O/c1-18(2,13-5-6-13)22-17(23)12-9-15(21-16(19)10-12)11-3-7-14(20)8-4-11/h3-4,7-10,13H,5-6H2,1-2H3,(H,22,23). The van der Waals surface area contributed by atoms with E-state index in [1.54, 1.807) is 6.07 Å². The SMILES string of the molecule is CC(C)(NC(=O)c1cc(Br)nc(-c2ccc(Cl)cc2)c1)C1CC1. The summed E-state index contributed by atoms with van der Waals surface area (Å²) < 4.78 is 0.638. The summed E-state index contributed by atoms with van der Waals surface area (Å²) in [6.07, 6.45) is 2.37. The first-order chi connectivity index (χ1) is 10.8. The lowest BCUT2D eigenvalue weighted by atomic mass is 9.98. The minimum absolute atomic E-state index is 0.0692. The number of pyridine rings is 1. The second kappa shape index (κ2) is 6.25. The number of hydrogen-bond acceptors (Lipinski definition) is 2. The molecular formula is C18H18BrClN2O. The maximum Gasteiger partial charge on any atom is 0.251 e.